The summed E-state index contributed by atoms with van der Waals surface area (Å²) in [4.78, 5) is 12.0. The summed E-state index contributed by atoms with van der Waals surface area (Å²) in [7, 11) is -6.11. The predicted molar refractivity (Wildman–Crippen MR) is 78.2 cm³/mol. The van der Waals surface area contributed by atoms with Crippen molar-refractivity contribution in [1.29, 1.82) is 0 Å². The highest BCUT2D eigenvalue weighted by Crippen LogP contribution is 2.22. The zero-order valence-electron chi connectivity index (χ0n) is 12.3. The van der Waals surface area contributed by atoms with Crippen LogP contribution in [-0.2, 0) is 23.5 Å². The molecule has 112 valence electrons. The van der Waals surface area contributed by atoms with E-state index in [9.17, 15) is 13.2 Å². The average Bonchev–Trinajstić information content (AvgIpc) is 2.26. The minimum absolute atomic E-state index is 0.00822. The summed E-state index contributed by atoms with van der Waals surface area (Å²) >= 11 is 0. The molecule has 1 aromatic rings. The van der Waals surface area contributed by atoms with E-state index in [2.05, 4.69) is 0 Å². The smallest absolute Gasteiger partial charge is 0.326 e. The van der Waals surface area contributed by atoms with Crippen LogP contribution < -0.4 is 0 Å². The molecule has 7 heteroatoms. The molecule has 0 aliphatic heterocycles. The predicted octanol–water partition coefficient (Wildman–Crippen LogP) is 2.55. The lowest BCUT2D eigenvalue weighted by atomic mass is 10.1. The zero-order valence-corrected chi connectivity index (χ0v) is 14.2. The number of hydrogen-bond acceptors (Lipinski definition) is 5. The van der Waals surface area contributed by atoms with Gasteiger partial charge in [-0.1, -0.05) is 18.2 Å². The van der Waals surface area contributed by atoms with Crippen LogP contribution in [0.3, 0.4) is 0 Å². The highest BCUT2D eigenvalue weighted by molar-refractivity contribution is 7.86. The number of carbonyl (C=O) groups excluding carboxylic acids is 1. The van der Waals surface area contributed by atoms with E-state index >= 15 is 0 Å². The van der Waals surface area contributed by atoms with Gasteiger partial charge >= 0.3 is 5.97 Å². The highest BCUT2D eigenvalue weighted by atomic mass is 32.2. The molecule has 0 aliphatic rings. The van der Waals surface area contributed by atoms with E-state index in [1.54, 1.807) is 18.2 Å². The van der Waals surface area contributed by atoms with Crippen molar-refractivity contribution in [2.75, 3.05) is 0 Å². The molecule has 5 nitrogen and oxygen atoms in total. The topological polar surface area (TPSA) is 69.7 Å². The second kappa shape index (κ2) is 5.67. The normalized spacial score (nSPS) is 13.1. The molecule has 1 aromatic carbocycles. The maximum Gasteiger partial charge on any atom is 0.326 e. The second-order valence-corrected chi connectivity index (χ2v) is 11.8. The van der Waals surface area contributed by atoms with Crippen molar-refractivity contribution < 1.29 is 21.8 Å². The summed E-state index contributed by atoms with van der Waals surface area (Å²) in [6.45, 7) is 8.29. The molecule has 0 saturated carbocycles. The van der Waals surface area contributed by atoms with Gasteiger partial charge in [-0.25, -0.2) is 4.18 Å². The molecule has 0 bridgehead atoms. The molecular weight excluding hydrogens is 296 g/mol. The molecule has 0 N–H and O–H groups in total. The first kappa shape index (κ1) is 16.9. The van der Waals surface area contributed by atoms with Crippen molar-refractivity contribution in [2.45, 2.75) is 44.0 Å². The van der Waals surface area contributed by atoms with Crippen LogP contribution in [-0.4, -0.2) is 28.3 Å². The Hall–Kier alpha value is -1.18. The summed E-state index contributed by atoms with van der Waals surface area (Å²) in [6.07, 6.45) is 0. The van der Waals surface area contributed by atoms with Gasteiger partial charge in [-0.3, -0.25) is 4.79 Å². The maximum atomic E-state index is 12.1. The van der Waals surface area contributed by atoms with E-state index in [0.717, 1.165) is 0 Å². The van der Waals surface area contributed by atoms with Gasteiger partial charge in [0.05, 0.1) is 4.90 Å². The highest BCUT2D eigenvalue weighted by Gasteiger charge is 2.38. The number of benzene rings is 1. The summed E-state index contributed by atoms with van der Waals surface area (Å²) in [5.41, 5.74) is -1.56. The van der Waals surface area contributed by atoms with Crippen LogP contribution in [0.25, 0.3) is 0 Å². The molecule has 0 spiro atoms. The summed E-state index contributed by atoms with van der Waals surface area (Å²) in [5, 5.41) is 0. The number of hydrogen-bond donors (Lipinski definition) is 0. The van der Waals surface area contributed by atoms with Gasteiger partial charge in [0.1, 0.15) is 0 Å². The number of carbonyl (C=O) groups is 1. The zero-order chi connectivity index (χ0) is 15.6. The second-order valence-electron chi connectivity index (χ2n) is 5.86. The quantitative estimate of drug-likeness (QED) is 0.617. The number of rotatable bonds is 5. The van der Waals surface area contributed by atoms with Gasteiger partial charge in [0.2, 0.25) is 8.32 Å². The van der Waals surface area contributed by atoms with Crippen LogP contribution in [0.4, 0.5) is 0 Å². The Balaban J connectivity index is 2.94. The Kier molecular flexibility index (Phi) is 4.78. The lowest BCUT2D eigenvalue weighted by Gasteiger charge is -2.27. The van der Waals surface area contributed by atoms with Gasteiger partial charge < -0.3 is 4.43 Å². The standard InChI is InChI=1S/C13H20O5SSi/c1-13(2,12(14)17-20(3,4)5)18-19(15,16)11-9-7-6-8-10-11/h6-10H,1-5H3. The fourth-order valence-corrected chi connectivity index (χ4v) is 3.35. The molecule has 0 aromatic heterocycles. The first-order valence-electron chi connectivity index (χ1n) is 6.18. The molecular formula is C13H20O5SSi. The molecule has 0 aliphatic carbocycles. The third-order valence-electron chi connectivity index (χ3n) is 2.24. The molecule has 0 amide bonds. The first-order valence-corrected chi connectivity index (χ1v) is 11.0. The Bertz CT molecular complexity index is 573. The SMILES string of the molecule is CC(C)(OS(=O)(=O)c1ccccc1)C(=O)O[Si](C)(C)C. The lowest BCUT2D eigenvalue weighted by Crippen LogP contribution is -2.43. The monoisotopic (exact) mass is 316 g/mol. The van der Waals surface area contributed by atoms with E-state index in [0.29, 0.717) is 0 Å². The van der Waals surface area contributed by atoms with Gasteiger partial charge in [-0.15, -0.1) is 0 Å². The van der Waals surface area contributed by atoms with Crippen LogP contribution in [0.5, 0.6) is 0 Å². The molecule has 0 unspecified atom stereocenters. The maximum absolute atomic E-state index is 12.1. The first-order chi connectivity index (χ1) is 8.94. The van der Waals surface area contributed by atoms with Gasteiger partial charge in [0, 0.05) is 0 Å². The Morgan fingerprint density at radius 1 is 1.10 bits per heavy atom. The van der Waals surface area contributed by atoms with Gasteiger partial charge in [0.15, 0.2) is 5.60 Å². The average molecular weight is 316 g/mol. The molecule has 1 rings (SSSR count). The minimum atomic E-state index is -4.00. The van der Waals surface area contributed by atoms with Crippen LogP contribution in [0.1, 0.15) is 13.8 Å². The third kappa shape index (κ3) is 4.73. The fraction of sp³-hybridized carbons (Fsp3) is 0.462. The van der Waals surface area contributed by atoms with Crippen molar-refractivity contribution in [2.24, 2.45) is 0 Å². The van der Waals surface area contributed by atoms with Gasteiger partial charge in [0.25, 0.3) is 10.1 Å². The van der Waals surface area contributed by atoms with Crippen LogP contribution >= 0.6 is 0 Å². The van der Waals surface area contributed by atoms with E-state index in [1.807, 2.05) is 19.6 Å². The van der Waals surface area contributed by atoms with Crippen molar-refractivity contribution in [3.05, 3.63) is 30.3 Å². The van der Waals surface area contributed by atoms with Crippen LogP contribution in [0.2, 0.25) is 19.6 Å². The fourth-order valence-electron chi connectivity index (χ4n) is 1.34. The lowest BCUT2D eigenvalue weighted by molar-refractivity contribution is -0.149. The van der Waals surface area contributed by atoms with Crippen molar-refractivity contribution in [3.8, 4) is 0 Å². The molecule has 0 atom stereocenters. The Morgan fingerprint density at radius 2 is 1.60 bits per heavy atom. The van der Waals surface area contributed by atoms with E-state index < -0.39 is 30.0 Å². The minimum Gasteiger partial charge on any atom is -0.518 e. The Labute approximate surface area is 121 Å². The molecule has 0 saturated heterocycles. The van der Waals surface area contributed by atoms with E-state index in [-0.39, 0.29) is 4.90 Å². The van der Waals surface area contributed by atoms with Crippen molar-refractivity contribution >= 4 is 24.4 Å². The van der Waals surface area contributed by atoms with Crippen LogP contribution in [0.15, 0.2) is 35.2 Å². The van der Waals surface area contributed by atoms with Crippen LogP contribution in [0, 0.1) is 0 Å². The molecule has 0 heterocycles. The molecule has 20 heavy (non-hydrogen) atoms. The van der Waals surface area contributed by atoms with Gasteiger partial charge in [-0.05, 0) is 45.6 Å². The largest absolute Gasteiger partial charge is 0.518 e. The molecule has 0 radical (unpaired) electrons. The summed E-state index contributed by atoms with van der Waals surface area (Å²) in [6, 6.07) is 7.70. The van der Waals surface area contributed by atoms with Crippen molar-refractivity contribution in [1.82, 2.24) is 0 Å². The third-order valence-corrected chi connectivity index (χ3v) is 4.52. The molecule has 0 fully saturated rings. The van der Waals surface area contributed by atoms with E-state index in [1.165, 1.54) is 26.0 Å². The van der Waals surface area contributed by atoms with Gasteiger partial charge in [-0.2, -0.15) is 8.42 Å². The summed E-state index contributed by atoms with van der Waals surface area (Å²) < 4.78 is 34.5. The van der Waals surface area contributed by atoms with Crippen molar-refractivity contribution in [3.63, 3.8) is 0 Å². The van der Waals surface area contributed by atoms with E-state index in [4.69, 9.17) is 8.61 Å². The Morgan fingerprint density at radius 3 is 2.05 bits per heavy atom. The summed E-state index contributed by atoms with van der Waals surface area (Å²) in [5.74, 6) is -0.670.